The molecule has 0 aliphatic heterocycles. The summed E-state index contributed by atoms with van der Waals surface area (Å²) in [4.78, 5) is 9.83. The van der Waals surface area contributed by atoms with Gasteiger partial charge in [-0.25, -0.2) is 0 Å². The van der Waals surface area contributed by atoms with Crippen molar-refractivity contribution in [1.29, 1.82) is 0 Å². The maximum atomic E-state index is 6.68. The molecule has 10 aromatic rings. The van der Waals surface area contributed by atoms with Crippen LogP contribution in [0.2, 0.25) is 0 Å². The van der Waals surface area contributed by atoms with Crippen molar-refractivity contribution in [2.45, 2.75) is 27.7 Å². The zero-order valence-electron chi connectivity index (χ0n) is 26.8. The van der Waals surface area contributed by atoms with Crippen LogP contribution in [0.5, 0.6) is 11.5 Å². The van der Waals surface area contributed by atoms with Crippen molar-refractivity contribution < 1.29 is 25.8 Å². The van der Waals surface area contributed by atoms with Crippen molar-refractivity contribution in [2.75, 3.05) is 0 Å². The van der Waals surface area contributed by atoms with E-state index in [0.717, 1.165) is 76.9 Å². The number of pyridine rings is 4. The van der Waals surface area contributed by atoms with E-state index in [4.69, 9.17) is 14.7 Å². The van der Waals surface area contributed by atoms with Crippen molar-refractivity contribution >= 4 is 76.5 Å². The van der Waals surface area contributed by atoms with Gasteiger partial charge >= 0.3 is 21.1 Å². The summed E-state index contributed by atoms with van der Waals surface area (Å²) in [5.41, 5.74) is 13.2. The number of benzene rings is 4. The number of hydrogen-bond donors (Lipinski definition) is 0. The van der Waals surface area contributed by atoms with Crippen molar-refractivity contribution in [2.24, 2.45) is 0 Å². The molecule has 0 atom stereocenters. The molecule has 0 radical (unpaired) electrons. The first-order chi connectivity index (χ1) is 23.0. The van der Waals surface area contributed by atoms with Crippen LogP contribution in [-0.4, -0.2) is 18.8 Å². The van der Waals surface area contributed by atoms with E-state index in [0.29, 0.717) is 11.5 Å². The standard InChI is InChI=1S/C42H28N4O.Pt/c1-23-13-15-43-39-31-21-29(17-25(3)37(31)35-19-27-9-5-7-11-33(27)45(35)41(23)39)47-30-18-26(4)38-32(22-30)40-42(24(2)14-16-44-40)46-34-12-8-6-10-28(34)20-36(38)46;/h5-20H,1-4H3;/q-2;+2. The topological polar surface area (TPSA) is 43.8 Å². The van der Waals surface area contributed by atoms with Crippen LogP contribution in [0.15, 0.2) is 97.3 Å². The number of ether oxygens (including phenoxy) is 1. The van der Waals surface area contributed by atoms with Gasteiger partial charge in [-0.1, -0.05) is 85.3 Å². The number of para-hydroxylation sites is 2. The largest absolute Gasteiger partial charge is 2.00 e. The monoisotopic (exact) mass is 799 g/mol. The van der Waals surface area contributed by atoms with Gasteiger partial charge in [-0.3, -0.25) is 0 Å². The molecule has 4 aromatic carbocycles. The summed E-state index contributed by atoms with van der Waals surface area (Å²) >= 11 is 0. The molecule has 0 amide bonds. The minimum atomic E-state index is 0. The minimum Gasteiger partial charge on any atom is -0.497 e. The van der Waals surface area contributed by atoms with Gasteiger partial charge in [0.2, 0.25) is 0 Å². The third kappa shape index (κ3) is 3.88. The molecule has 48 heavy (non-hydrogen) atoms. The van der Waals surface area contributed by atoms with E-state index in [-0.39, 0.29) is 21.1 Å². The molecule has 10 rings (SSSR count). The smallest absolute Gasteiger partial charge is 0.497 e. The van der Waals surface area contributed by atoms with Crippen LogP contribution in [0.25, 0.3) is 76.5 Å². The van der Waals surface area contributed by atoms with Crippen LogP contribution in [-0.2, 0) is 21.1 Å². The zero-order chi connectivity index (χ0) is 31.6. The minimum absolute atomic E-state index is 0. The molecule has 5 nitrogen and oxygen atoms in total. The summed E-state index contributed by atoms with van der Waals surface area (Å²) in [7, 11) is 0. The van der Waals surface area contributed by atoms with Gasteiger partial charge < -0.3 is 23.5 Å². The van der Waals surface area contributed by atoms with Crippen LogP contribution < -0.4 is 4.74 Å². The van der Waals surface area contributed by atoms with Crippen LogP contribution in [0.1, 0.15) is 22.3 Å². The molecule has 0 spiro atoms. The van der Waals surface area contributed by atoms with Gasteiger partial charge in [0.25, 0.3) is 0 Å². The Morgan fingerprint density at radius 2 is 0.958 bits per heavy atom. The number of fused-ring (bicyclic) bond motifs is 16. The first kappa shape index (κ1) is 28.9. The molecular formula is C42H28N4OPt. The molecule has 0 aliphatic carbocycles. The average Bonchev–Trinajstić information content (AvgIpc) is 3.64. The molecule has 6 aromatic heterocycles. The maximum absolute atomic E-state index is 6.68. The quantitative estimate of drug-likeness (QED) is 0.129. The van der Waals surface area contributed by atoms with Crippen LogP contribution in [0.3, 0.4) is 0 Å². The first-order valence-electron chi connectivity index (χ1n) is 15.9. The van der Waals surface area contributed by atoms with Gasteiger partial charge in [0.1, 0.15) is 0 Å². The Morgan fingerprint density at radius 3 is 1.42 bits per heavy atom. The van der Waals surface area contributed by atoms with E-state index >= 15 is 0 Å². The van der Waals surface area contributed by atoms with Crippen molar-refractivity contribution in [1.82, 2.24) is 18.8 Å². The van der Waals surface area contributed by atoms with E-state index in [9.17, 15) is 0 Å². The predicted molar refractivity (Wildman–Crippen MR) is 192 cm³/mol. The second kappa shape index (κ2) is 10.4. The van der Waals surface area contributed by atoms with Gasteiger partial charge in [-0.2, -0.15) is 0 Å². The summed E-state index contributed by atoms with van der Waals surface area (Å²) in [5, 5.41) is 6.57. The summed E-state index contributed by atoms with van der Waals surface area (Å²) < 4.78 is 11.4. The molecule has 0 N–H and O–H groups in total. The predicted octanol–water partition coefficient (Wildman–Crippen LogP) is 10.5. The number of hydrogen-bond acceptors (Lipinski definition) is 3. The fraction of sp³-hybridized carbons (Fsp3) is 0.0952. The van der Waals surface area contributed by atoms with Crippen LogP contribution >= 0.6 is 0 Å². The molecule has 232 valence electrons. The van der Waals surface area contributed by atoms with E-state index in [1.54, 1.807) is 0 Å². The average molecular weight is 800 g/mol. The number of aromatic nitrogens is 4. The Labute approximate surface area is 290 Å². The summed E-state index contributed by atoms with van der Waals surface area (Å²) in [6.07, 6.45) is 3.77. The fourth-order valence-corrected chi connectivity index (χ4v) is 7.81. The van der Waals surface area contributed by atoms with E-state index in [1.165, 1.54) is 21.8 Å². The molecule has 6 heteroatoms. The summed E-state index contributed by atoms with van der Waals surface area (Å²) in [5.74, 6) is 1.27. The third-order valence-electron chi connectivity index (χ3n) is 9.81. The van der Waals surface area contributed by atoms with E-state index < -0.39 is 0 Å². The molecule has 0 bridgehead atoms. The Balaban J connectivity index is 0.00000314. The number of rotatable bonds is 2. The molecule has 0 saturated heterocycles. The van der Waals surface area contributed by atoms with Crippen molar-refractivity contribution in [3.8, 4) is 11.5 Å². The SMILES string of the molecule is Cc1cc(Oc2[c-]c3c4nccc(C)c4n4c5ccccc5cc4c3c(C)c2)[c-]c2c3nccc(C)c3n3c4ccccc4cc3c12.[Pt+2]. The summed E-state index contributed by atoms with van der Waals surface area (Å²) in [6, 6.07) is 37.2. The third-order valence-corrected chi connectivity index (χ3v) is 9.81. The van der Waals surface area contributed by atoms with Gasteiger partial charge in [-0.15, -0.1) is 21.9 Å². The first-order valence-corrected chi connectivity index (χ1v) is 15.9. The van der Waals surface area contributed by atoms with Gasteiger partial charge in [0.15, 0.2) is 0 Å². The second-order valence-corrected chi connectivity index (χ2v) is 12.7. The van der Waals surface area contributed by atoms with Gasteiger partial charge in [-0.05, 0) is 72.1 Å². The molecule has 0 saturated carbocycles. The zero-order valence-corrected chi connectivity index (χ0v) is 29.0. The Morgan fingerprint density at radius 1 is 0.521 bits per heavy atom. The Kier molecular flexibility index (Phi) is 6.25. The second-order valence-electron chi connectivity index (χ2n) is 12.7. The normalized spacial score (nSPS) is 12.0. The number of nitrogens with zero attached hydrogens (tertiary/aromatic N) is 4. The number of aryl methyl sites for hydroxylation is 4. The van der Waals surface area contributed by atoms with Crippen LogP contribution in [0, 0.1) is 39.8 Å². The molecule has 6 heterocycles. The molecular weight excluding hydrogens is 772 g/mol. The fourth-order valence-electron chi connectivity index (χ4n) is 7.81. The molecule has 0 aliphatic rings. The van der Waals surface area contributed by atoms with Gasteiger partial charge in [0.05, 0.1) is 11.0 Å². The Bertz CT molecular complexity index is 2790. The maximum Gasteiger partial charge on any atom is 2.00 e. The van der Waals surface area contributed by atoms with E-state index in [1.807, 2.05) is 12.4 Å². The van der Waals surface area contributed by atoms with E-state index in [2.05, 4.69) is 134 Å². The van der Waals surface area contributed by atoms with Crippen molar-refractivity contribution in [3.63, 3.8) is 0 Å². The van der Waals surface area contributed by atoms with Gasteiger partial charge in [0, 0.05) is 57.0 Å². The summed E-state index contributed by atoms with van der Waals surface area (Å²) in [6.45, 7) is 8.59. The molecule has 0 unspecified atom stereocenters. The Hall–Kier alpha value is -5.25. The van der Waals surface area contributed by atoms with Crippen LogP contribution in [0.4, 0.5) is 0 Å². The van der Waals surface area contributed by atoms with Crippen molar-refractivity contribution in [3.05, 3.63) is 132 Å². The molecule has 0 fully saturated rings.